The van der Waals surface area contributed by atoms with Crippen LogP contribution < -0.4 is 21.3 Å². The number of aliphatic imine (C=N–C) groups is 1. The molecule has 0 radical (unpaired) electrons. The Morgan fingerprint density at radius 2 is 2.05 bits per heavy atom. The van der Waals surface area contributed by atoms with Gasteiger partial charge in [0.2, 0.25) is 0 Å². The van der Waals surface area contributed by atoms with Crippen molar-refractivity contribution in [3.63, 3.8) is 0 Å². The molecule has 38 heavy (non-hydrogen) atoms. The second-order valence-electron chi connectivity index (χ2n) is 8.19. The van der Waals surface area contributed by atoms with Gasteiger partial charge in [-0.25, -0.2) is 13.8 Å². The molecule has 0 aliphatic carbocycles. The van der Waals surface area contributed by atoms with E-state index >= 15 is 0 Å². The number of amides is 1. The standard InChI is InChI=1S/C27H29ClF2N6O2/c1-5-21(26(32-3)34-19-8-6-7-18(28)14-19)35-27(37)17-9-10-22(20(13-17)25(29)30)36-15-33-24(16(2)38-4)23(36)11-12-31/h6-15,21,25,31H,5H2,1-4H3,(H,32,34)(H,35,37)/b23-11+,24-16-,31-12?/t21-/m0/s1. The van der Waals surface area contributed by atoms with Gasteiger partial charge in [0.05, 0.1) is 24.2 Å². The molecule has 1 heterocycles. The van der Waals surface area contributed by atoms with E-state index in [9.17, 15) is 13.6 Å². The molecule has 8 nitrogen and oxygen atoms in total. The summed E-state index contributed by atoms with van der Waals surface area (Å²) < 4.78 is 35.1. The van der Waals surface area contributed by atoms with E-state index in [1.54, 1.807) is 32.2 Å². The first-order valence-corrected chi connectivity index (χ1v) is 12.1. The second-order valence-corrected chi connectivity index (χ2v) is 8.63. The number of halogens is 3. The van der Waals surface area contributed by atoms with Gasteiger partial charge in [-0.05, 0) is 55.8 Å². The molecule has 3 rings (SSSR count). The van der Waals surface area contributed by atoms with Crippen LogP contribution in [0.2, 0.25) is 5.02 Å². The molecule has 0 aliphatic rings. The number of carbonyl (C=O) groups excluding carboxylic acids is 1. The molecule has 0 aliphatic heterocycles. The summed E-state index contributed by atoms with van der Waals surface area (Å²) in [5.41, 5.74) is 0.551. The maximum atomic E-state index is 14.2. The number of anilines is 1. The van der Waals surface area contributed by atoms with Crippen LogP contribution in [0.5, 0.6) is 0 Å². The highest BCUT2D eigenvalue weighted by atomic mass is 35.5. The first-order valence-electron chi connectivity index (χ1n) is 11.8. The average molecular weight is 543 g/mol. The Morgan fingerprint density at radius 1 is 1.29 bits per heavy atom. The smallest absolute Gasteiger partial charge is 0.265 e. The van der Waals surface area contributed by atoms with Crippen LogP contribution in [0.1, 0.15) is 42.6 Å². The molecule has 0 spiro atoms. The van der Waals surface area contributed by atoms with Crippen LogP contribution in [0.15, 0.2) is 53.8 Å². The first kappa shape index (κ1) is 28.5. The Hall–Kier alpha value is -4.05. The number of imidazole rings is 1. The van der Waals surface area contributed by atoms with Crippen molar-refractivity contribution in [3.8, 4) is 5.69 Å². The number of benzene rings is 2. The van der Waals surface area contributed by atoms with Gasteiger partial charge in [-0.3, -0.25) is 14.4 Å². The number of amidine groups is 1. The van der Waals surface area contributed by atoms with Gasteiger partial charge in [0, 0.05) is 35.1 Å². The van der Waals surface area contributed by atoms with E-state index in [1.165, 1.54) is 36.2 Å². The fraction of sp³-hybridized carbons (Fsp3) is 0.259. The lowest BCUT2D eigenvalue weighted by Gasteiger charge is -2.21. The maximum Gasteiger partial charge on any atom is 0.265 e. The molecule has 0 bridgehead atoms. The van der Waals surface area contributed by atoms with Crippen LogP contribution in [-0.4, -0.2) is 47.7 Å². The topological polar surface area (TPSA) is 104 Å². The van der Waals surface area contributed by atoms with E-state index < -0.39 is 18.4 Å². The summed E-state index contributed by atoms with van der Waals surface area (Å²) >= 11 is 6.06. The number of nitrogens with one attached hydrogen (secondary N) is 3. The van der Waals surface area contributed by atoms with Gasteiger partial charge in [0.25, 0.3) is 12.3 Å². The normalized spacial score (nSPS) is 13.8. The number of hydrogen-bond donors (Lipinski definition) is 3. The minimum Gasteiger partial charge on any atom is -0.499 e. The predicted molar refractivity (Wildman–Crippen MR) is 147 cm³/mol. The van der Waals surface area contributed by atoms with Crippen LogP contribution in [0.3, 0.4) is 0 Å². The highest BCUT2D eigenvalue weighted by Gasteiger charge is 2.22. The number of aromatic nitrogens is 2. The third kappa shape index (κ3) is 6.44. The Bertz CT molecular complexity index is 1470. The minimum absolute atomic E-state index is 0.0678. The van der Waals surface area contributed by atoms with Crippen molar-refractivity contribution in [3.05, 3.63) is 75.6 Å². The highest BCUT2D eigenvalue weighted by Crippen LogP contribution is 2.26. The van der Waals surface area contributed by atoms with E-state index in [4.69, 9.17) is 21.7 Å². The van der Waals surface area contributed by atoms with Gasteiger partial charge in [0.15, 0.2) is 0 Å². The highest BCUT2D eigenvalue weighted by molar-refractivity contribution is 6.30. The zero-order chi connectivity index (χ0) is 27.8. The van der Waals surface area contributed by atoms with Crippen molar-refractivity contribution in [1.29, 1.82) is 5.41 Å². The first-order chi connectivity index (χ1) is 18.2. The number of nitrogens with zero attached hydrogens (tertiary/aromatic N) is 3. The molecule has 0 unspecified atom stereocenters. The van der Waals surface area contributed by atoms with Crippen molar-refractivity contribution in [2.45, 2.75) is 32.7 Å². The third-order valence-electron chi connectivity index (χ3n) is 5.85. The average Bonchev–Trinajstić information content (AvgIpc) is 3.33. The number of methoxy groups -OCH3 is 1. The molecule has 1 amide bonds. The zero-order valence-electron chi connectivity index (χ0n) is 21.4. The van der Waals surface area contributed by atoms with Gasteiger partial charge in [-0.1, -0.05) is 24.6 Å². The number of carbonyl (C=O) groups is 1. The molecule has 11 heteroatoms. The van der Waals surface area contributed by atoms with Gasteiger partial charge in [-0.15, -0.1) is 0 Å². The molecule has 1 aromatic heterocycles. The summed E-state index contributed by atoms with van der Waals surface area (Å²) in [7, 11) is 3.07. The van der Waals surface area contributed by atoms with Gasteiger partial charge < -0.3 is 20.8 Å². The maximum absolute atomic E-state index is 14.2. The lowest BCUT2D eigenvalue weighted by atomic mass is 10.1. The molecule has 0 saturated carbocycles. The SMILES string of the molecule is CC[C@H](NC(=O)c1ccc(-n2cnc(=C(/C)OC)/c2=C\C=N)c(C(F)F)c1)C(=NC)Nc1cccc(Cl)c1. The van der Waals surface area contributed by atoms with E-state index in [2.05, 4.69) is 20.6 Å². The zero-order valence-corrected chi connectivity index (χ0v) is 22.2. The lowest BCUT2D eigenvalue weighted by molar-refractivity contribution is 0.0945. The fourth-order valence-electron chi connectivity index (χ4n) is 3.86. The molecule has 200 valence electrons. The van der Waals surface area contributed by atoms with Crippen LogP contribution in [0, 0.1) is 5.41 Å². The fourth-order valence-corrected chi connectivity index (χ4v) is 4.05. The third-order valence-corrected chi connectivity index (χ3v) is 6.09. The molecule has 0 saturated heterocycles. The van der Waals surface area contributed by atoms with Crippen LogP contribution in [0.25, 0.3) is 17.5 Å². The summed E-state index contributed by atoms with van der Waals surface area (Å²) in [4.78, 5) is 21.7. The van der Waals surface area contributed by atoms with Crippen LogP contribution in [-0.2, 0) is 4.74 Å². The molecule has 3 N–H and O–H groups in total. The summed E-state index contributed by atoms with van der Waals surface area (Å²) in [6, 6.07) is 10.6. The monoisotopic (exact) mass is 542 g/mol. The Labute approximate surface area is 224 Å². The van der Waals surface area contributed by atoms with Gasteiger partial charge in [0.1, 0.15) is 23.3 Å². The largest absolute Gasteiger partial charge is 0.499 e. The van der Waals surface area contributed by atoms with Crippen LogP contribution in [0.4, 0.5) is 14.5 Å². The summed E-state index contributed by atoms with van der Waals surface area (Å²) in [6.45, 7) is 3.56. The number of hydrogen-bond acceptors (Lipinski definition) is 5. The molecule has 2 aromatic carbocycles. The summed E-state index contributed by atoms with van der Waals surface area (Å²) in [5, 5.41) is 14.9. The minimum atomic E-state index is -2.87. The van der Waals surface area contributed by atoms with Crippen molar-refractivity contribution >= 4 is 47.1 Å². The van der Waals surface area contributed by atoms with E-state index in [0.29, 0.717) is 39.4 Å². The number of rotatable bonds is 9. The molecular weight excluding hydrogens is 514 g/mol. The Balaban J connectivity index is 1.95. The van der Waals surface area contributed by atoms with Crippen molar-refractivity contribution < 1.29 is 18.3 Å². The lowest BCUT2D eigenvalue weighted by Crippen LogP contribution is -2.43. The van der Waals surface area contributed by atoms with Gasteiger partial charge >= 0.3 is 0 Å². The van der Waals surface area contributed by atoms with E-state index in [-0.39, 0.29) is 16.8 Å². The van der Waals surface area contributed by atoms with Crippen molar-refractivity contribution in [2.75, 3.05) is 19.5 Å². The van der Waals surface area contributed by atoms with Crippen LogP contribution >= 0.6 is 11.6 Å². The number of alkyl halides is 2. The summed E-state index contributed by atoms with van der Waals surface area (Å²) in [6.07, 6.45) is 1.49. The van der Waals surface area contributed by atoms with E-state index in [1.807, 2.05) is 13.0 Å². The van der Waals surface area contributed by atoms with Gasteiger partial charge in [-0.2, -0.15) is 0 Å². The summed E-state index contributed by atoms with van der Waals surface area (Å²) in [5.74, 6) is 0.439. The second kappa shape index (κ2) is 13.0. The van der Waals surface area contributed by atoms with Crippen molar-refractivity contribution in [2.24, 2.45) is 4.99 Å². The molecule has 3 aromatic rings. The quantitative estimate of drug-likeness (QED) is 0.277. The van der Waals surface area contributed by atoms with E-state index in [0.717, 1.165) is 12.3 Å². The predicted octanol–water partition coefficient (Wildman–Crippen LogP) is 4.32. The molecular formula is C27H29ClF2N6O2. The Morgan fingerprint density at radius 3 is 2.66 bits per heavy atom. The molecule has 1 atom stereocenters. The molecule has 0 fully saturated rings. The Kier molecular flexibility index (Phi) is 9.72. The van der Waals surface area contributed by atoms with Crippen molar-refractivity contribution in [1.82, 2.24) is 14.9 Å². The number of ether oxygens (including phenoxy) is 1.